The van der Waals surface area contributed by atoms with Crippen LogP contribution in [0, 0.1) is 12.7 Å². The van der Waals surface area contributed by atoms with E-state index in [2.05, 4.69) is 41.1 Å². The molecule has 146 valence electrons. The fourth-order valence-electron chi connectivity index (χ4n) is 2.39. The van der Waals surface area contributed by atoms with Gasteiger partial charge in [-0.2, -0.15) is 10.1 Å². The number of aromatic amines is 1. The van der Waals surface area contributed by atoms with Gasteiger partial charge in [-0.05, 0) is 19.1 Å². The lowest BCUT2D eigenvalue weighted by molar-refractivity contribution is -0.120. The molecule has 0 spiro atoms. The Labute approximate surface area is 165 Å². The smallest absolute Gasteiger partial charge is 0.225 e. The molecular formula is C17H18ClFN8O. The molecule has 1 amide bonds. The zero-order valence-corrected chi connectivity index (χ0v) is 15.9. The van der Waals surface area contributed by atoms with Crippen LogP contribution < -0.4 is 16.0 Å². The zero-order valence-electron chi connectivity index (χ0n) is 15.1. The van der Waals surface area contributed by atoms with Gasteiger partial charge in [-0.1, -0.05) is 11.6 Å². The van der Waals surface area contributed by atoms with E-state index in [1.165, 1.54) is 25.4 Å². The van der Waals surface area contributed by atoms with Gasteiger partial charge in [0.1, 0.15) is 10.8 Å². The molecule has 1 unspecified atom stereocenters. The first-order valence-electron chi connectivity index (χ1n) is 8.34. The van der Waals surface area contributed by atoms with Crippen LogP contribution in [0.4, 0.5) is 22.0 Å². The first-order chi connectivity index (χ1) is 13.4. The number of H-pyrrole nitrogens is 1. The number of hydrogen-bond donors (Lipinski definition) is 4. The van der Waals surface area contributed by atoms with Crippen LogP contribution in [0.5, 0.6) is 0 Å². The summed E-state index contributed by atoms with van der Waals surface area (Å²) in [6, 6.07) is 4.00. The van der Waals surface area contributed by atoms with Gasteiger partial charge in [0.2, 0.25) is 11.9 Å². The van der Waals surface area contributed by atoms with Crippen LogP contribution in [0.1, 0.15) is 23.9 Å². The Kier molecular flexibility index (Phi) is 5.99. The van der Waals surface area contributed by atoms with Crippen LogP contribution >= 0.6 is 11.6 Å². The summed E-state index contributed by atoms with van der Waals surface area (Å²) in [5.41, 5.74) is 1.35. The van der Waals surface area contributed by atoms with Crippen molar-refractivity contribution < 1.29 is 9.18 Å². The molecule has 1 atom stereocenters. The molecule has 9 nitrogen and oxygen atoms in total. The number of amides is 1. The third-order valence-corrected chi connectivity index (χ3v) is 4.05. The molecule has 0 radical (unpaired) electrons. The van der Waals surface area contributed by atoms with Crippen LogP contribution in [0.25, 0.3) is 0 Å². The number of aromatic nitrogens is 5. The van der Waals surface area contributed by atoms with Crippen LogP contribution in [0.15, 0.2) is 30.6 Å². The summed E-state index contributed by atoms with van der Waals surface area (Å²) < 4.78 is 13.2. The maximum absolute atomic E-state index is 13.2. The predicted molar refractivity (Wildman–Crippen MR) is 103 cm³/mol. The van der Waals surface area contributed by atoms with Gasteiger partial charge in [0, 0.05) is 18.8 Å². The average Bonchev–Trinajstić information content (AvgIpc) is 3.09. The molecule has 3 aromatic heterocycles. The van der Waals surface area contributed by atoms with Gasteiger partial charge in [0.15, 0.2) is 11.6 Å². The van der Waals surface area contributed by atoms with Gasteiger partial charge in [0.25, 0.3) is 0 Å². The fourth-order valence-corrected chi connectivity index (χ4v) is 2.53. The third kappa shape index (κ3) is 4.92. The Balaban J connectivity index is 1.84. The van der Waals surface area contributed by atoms with Gasteiger partial charge < -0.3 is 16.0 Å². The highest BCUT2D eigenvalue weighted by Crippen LogP contribution is 2.25. The Morgan fingerprint density at radius 3 is 2.79 bits per heavy atom. The lowest BCUT2D eigenvalue weighted by Gasteiger charge is -2.18. The number of carbonyl (C=O) groups excluding carboxylic acids is 1. The summed E-state index contributed by atoms with van der Waals surface area (Å²) >= 11 is 6.16. The molecule has 0 fully saturated rings. The Morgan fingerprint density at radius 2 is 2.14 bits per heavy atom. The Morgan fingerprint density at radius 1 is 1.32 bits per heavy atom. The van der Waals surface area contributed by atoms with Gasteiger partial charge >= 0.3 is 0 Å². The molecular weight excluding hydrogens is 387 g/mol. The molecule has 0 aliphatic carbocycles. The molecule has 0 aromatic carbocycles. The summed E-state index contributed by atoms with van der Waals surface area (Å²) in [7, 11) is 1.53. The molecule has 0 aliphatic rings. The summed E-state index contributed by atoms with van der Waals surface area (Å²) in [5, 5.41) is 15.8. The van der Waals surface area contributed by atoms with Crippen molar-refractivity contribution in [3.8, 4) is 0 Å². The summed E-state index contributed by atoms with van der Waals surface area (Å²) in [4.78, 5) is 24.4. The van der Waals surface area contributed by atoms with Crippen molar-refractivity contribution in [1.29, 1.82) is 0 Å². The SMILES string of the molecule is CNC(=O)CC(Nc1ncc(Cl)c(Nc2cc(C)[nH]n2)n1)c1ccc(F)cn1. The van der Waals surface area contributed by atoms with Gasteiger partial charge in [-0.3, -0.25) is 14.9 Å². The van der Waals surface area contributed by atoms with Crippen molar-refractivity contribution in [3.63, 3.8) is 0 Å². The van der Waals surface area contributed by atoms with Gasteiger partial charge in [-0.25, -0.2) is 9.37 Å². The largest absolute Gasteiger partial charge is 0.359 e. The molecule has 0 bridgehead atoms. The van der Waals surface area contributed by atoms with Gasteiger partial charge in [-0.15, -0.1) is 0 Å². The minimum atomic E-state index is -0.567. The van der Waals surface area contributed by atoms with E-state index >= 15 is 0 Å². The highest BCUT2D eigenvalue weighted by Gasteiger charge is 2.19. The molecule has 3 aromatic rings. The number of rotatable bonds is 7. The van der Waals surface area contributed by atoms with Crippen molar-refractivity contribution in [1.82, 2.24) is 30.5 Å². The molecule has 11 heteroatoms. The van der Waals surface area contributed by atoms with E-state index in [1.54, 1.807) is 6.07 Å². The number of hydrogen-bond acceptors (Lipinski definition) is 7. The van der Waals surface area contributed by atoms with Crippen molar-refractivity contribution in [2.24, 2.45) is 0 Å². The van der Waals surface area contributed by atoms with E-state index in [0.717, 1.165) is 11.9 Å². The highest BCUT2D eigenvalue weighted by molar-refractivity contribution is 6.32. The molecule has 0 aliphatic heterocycles. The van der Waals surface area contributed by atoms with E-state index < -0.39 is 11.9 Å². The van der Waals surface area contributed by atoms with E-state index in [9.17, 15) is 9.18 Å². The molecule has 4 N–H and O–H groups in total. The first-order valence-corrected chi connectivity index (χ1v) is 8.72. The maximum atomic E-state index is 13.2. The van der Waals surface area contributed by atoms with E-state index in [1.807, 2.05) is 6.92 Å². The quantitative estimate of drug-likeness (QED) is 0.477. The third-order valence-electron chi connectivity index (χ3n) is 3.78. The number of halogens is 2. The molecule has 3 heterocycles. The Hall–Kier alpha value is -3.27. The number of aryl methyl sites for hydroxylation is 1. The second-order valence-electron chi connectivity index (χ2n) is 5.93. The van der Waals surface area contributed by atoms with Gasteiger partial charge in [0.05, 0.1) is 30.6 Å². The first kappa shape index (κ1) is 19.5. The topological polar surface area (TPSA) is 121 Å². The van der Waals surface area contributed by atoms with Crippen molar-refractivity contribution in [3.05, 3.63) is 52.8 Å². The highest BCUT2D eigenvalue weighted by atomic mass is 35.5. The second kappa shape index (κ2) is 8.61. The number of nitrogens with one attached hydrogen (secondary N) is 4. The number of anilines is 3. The molecule has 0 saturated carbocycles. The molecule has 28 heavy (non-hydrogen) atoms. The summed E-state index contributed by atoms with van der Waals surface area (Å²) in [6.45, 7) is 1.87. The van der Waals surface area contributed by atoms with E-state index in [0.29, 0.717) is 22.4 Å². The predicted octanol–water partition coefficient (Wildman–Crippen LogP) is 2.73. The lowest BCUT2D eigenvalue weighted by Crippen LogP contribution is -2.25. The Bertz CT molecular complexity index is 962. The summed E-state index contributed by atoms with van der Waals surface area (Å²) in [5.74, 6) is 0.427. The standard InChI is InChI=1S/C17H18ClFN8O/c1-9-5-14(27-26-9)24-16-11(18)8-22-17(25-16)23-13(6-15(28)20-2)12-4-3-10(19)7-21-12/h3-5,7-8,13H,6H2,1-2H3,(H,20,28)(H3,22,23,24,25,26,27). The minimum Gasteiger partial charge on any atom is -0.359 e. The fraction of sp³-hybridized carbons (Fsp3) is 0.235. The van der Waals surface area contributed by atoms with E-state index in [-0.39, 0.29) is 18.3 Å². The van der Waals surface area contributed by atoms with Crippen LogP contribution in [0.2, 0.25) is 5.02 Å². The lowest BCUT2D eigenvalue weighted by atomic mass is 10.1. The monoisotopic (exact) mass is 404 g/mol. The molecule has 3 rings (SSSR count). The molecule has 0 saturated heterocycles. The van der Waals surface area contributed by atoms with E-state index in [4.69, 9.17) is 11.6 Å². The van der Waals surface area contributed by atoms with Crippen molar-refractivity contribution in [2.75, 3.05) is 17.7 Å². The number of nitrogens with zero attached hydrogens (tertiary/aromatic N) is 4. The number of pyridine rings is 1. The second-order valence-corrected chi connectivity index (χ2v) is 6.33. The van der Waals surface area contributed by atoms with Crippen molar-refractivity contribution in [2.45, 2.75) is 19.4 Å². The summed E-state index contributed by atoms with van der Waals surface area (Å²) in [6.07, 6.45) is 2.57. The van der Waals surface area contributed by atoms with Crippen molar-refractivity contribution >= 4 is 35.1 Å². The zero-order chi connectivity index (χ0) is 20.1. The normalized spacial score (nSPS) is 11.7. The average molecular weight is 405 g/mol. The van der Waals surface area contributed by atoms with Crippen LogP contribution in [-0.2, 0) is 4.79 Å². The minimum absolute atomic E-state index is 0.0580. The maximum Gasteiger partial charge on any atom is 0.225 e. The number of carbonyl (C=O) groups is 1. The van der Waals surface area contributed by atoms with Crippen LogP contribution in [0.3, 0.4) is 0 Å². The van der Waals surface area contributed by atoms with Crippen LogP contribution in [-0.4, -0.2) is 38.1 Å².